The standard InChI is InChI=1S/C12H18N4OS/c1-2-13-11-4-3-10(15-16-11)12(17)14-7-9-5-6-18-8-9/h3-4,9H,2,5-8H2,1H3,(H,13,16)(H,14,17). The van der Waals surface area contributed by atoms with Crippen molar-refractivity contribution >= 4 is 23.5 Å². The molecule has 1 aliphatic rings. The molecule has 98 valence electrons. The molecule has 0 spiro atoms. The molecule has 0 aromatic carbocycles. The first kappa shape index (κ1) is 13.1. The average molecular weight is 266 g/mol. The monoisotopic (exact) mass is 266 g/mol. The van der Waals surface area contributed by atoms with E-state index < -0.39 is 0 Å². The van der Waals surface area contributed by atoms with Gasteiger partial charge in [0.05, 0.1) is 0 Å². The number of aromatic nitrogens is 2. The fraction of sp³-hybridized carbons (Fsp3) is 0.583. The Balaban J connectivity index is 1.83. The number of carbonyl (C=O) groups is 1. The summed E-state index contributed by atoms with van der Waals surface area (Å²) in [4.78, 5) is 11.8. The molecule has 2 N–H and O–H groups in total. The van der Waals surface area contributed by atoms with Crippen molar-refractivity contribution in [2.24, 2.45) is 5.92 Å². The third-order valence-corrected chi connectivity index (χ3v) is 4.06. The summed E-state index contributed by atoms with van der Waals surface area (Å²) < 4.78 is 0. The highest BCUT2D eigenvalue weighted by molar-refractivity contribution is 7.99. The molecular weight excluding hydrogens is 248 g/mol. The molecule has 1 aromatic heterocycles. The molecule has 0 radical (unpaired) electrons. The van der Waals surface area contributed by atoms with Crippen LogP contribution in [-0.4, -0.2) is 40.7 Å². The third kappa shape index (κ3) is 3.60. The van der Waals surface area contributed by atoms with Crippen molar-refractivity contribution in [2.45, 2.75) is 13.3 Å². The molecular formula is C12H18N4OS. The molecule has 2 heterocycles. The van der Waals surface area contributed by atoms with Crippen LogP contribution < -0.4 is 10.6 Å². The van der Waals surface area contributed by atoms with Crippen molar-refractivity contribution in [1.82, 2.24) is 15.5 Å². The van der Waals surface area contributed by atoms with Crippen LogP contribution in [0.25, 0.3) is 0 Å². The van der Waals surface area contributed by atoms with E-state index in [1.165, 1.54) is 12.2 Å². The second-order valence-corrected chi connectivity index (χ2v) is 5.42. The van der Waals surface area contributed by atoms with Crippen LogP contribution in [0.1, 0.15) is 23.8 Å². The molecule has 1 fully saturated rings. The molecule has 0 aliphatic carbocycles. The predicted molar refractivity (Wildman–Crippen MR) is 74.0 cm³/mol. The van der Waals surface area contributed by atoms with E-state index in [0.717, 1.165) is 18.8 Å². The highest BCUT2D eigenvalue weighted by atomic mass is 32.2. The van der Waals surface area contributed by atoms with E-state index in [9.17, 15) is 4.79 Å². The Kier molecular flexibility index (Phi) is 4.81. The van der Waals surface area contributed by atoms with Gasteiger partial charge in [0.1, 0.15) is 5.82 Å². The van der Waals surface area contributed by atoms with Gasteiger partial charge in [-0.3, -0.25) is 4.79 Å². The molecule has 5 nitrogen and oxygen atoms in total. The molecule has 2 rings (SSSR count). The van der Waals surface area contributed by atoms with Gasteiger partial charge >= 0.3 is 0 Å². The molecule has 1 saturated heterocycles. The number of hydrogen-bond acceptors (Lipinski definition) is 5. The molecule has 6 heteroatoms. The summed E-state index contributed by atoms with van der Waals surface area (Å²) in [6.07, 6.45) is 1.19. The Hall–Kier alpha value is -1.30. The Morgan fingerprint density at radius 3 is 3.00 bits per heavy atom. The van der Waals surface area contributed by atoms with Gasteiger partial charge in [-0.2, -0.15) is 11.8 Å². The lowest BCUT2D eigenvalue weighted by molar-refractivity contribution is 0.0942. The fourth-order valence-electron chi connectivity index (χ4n) is 1.80. The third-order valence-electron chi connectivity index (χ3n) is 2.83. The van der Waals surface area contributed by atoms with Crippen LogP contribution in [0.5, 0.6) is 0 Å². The number of nitrogens with one attached hydrogen (secondary N) is 2. The Labute approximate surface area is 111 Å². The van der Waals surface area contributed by atoms with E-state index in [1.54, 1.807) is 12.1 Å². The van der Waals surface area contributed by atoms with Crippen molar-refractivity contribution in [3.05, 3.63) is 17.8 Å². The van der Waals surface area contributed by atoms with E-state index in [2.05, 4.69) is 20.8 Å². The molecule has 0 bridgehead atoms. The molecule has 1 aromatic rings. The summed E-state index contributed by atoms with van der Waals surface area (Å²) in [6, 6.07) is 3.47. The minimum atomic E-state index is -0.137. The minimum absolute atomic E-state index is 0.137. The average Bonchev–Trinajstić information content (AvgIpc) is 2.90. The smallest absolute Gasteiger partial charge is 0.271 e. The van der Waals surface area contributed by atoms with Crippen LogP contribution in [0, 0.1) is 5.92 Å². The summed E-state index contributed by atoms with van der Waals surface area (Å²) in [6.45, 7) is 3.52. The second kappa shape index (κ2) is 6.58. The van der Waals surface area contributed by atoms with E-state index in [4.69, 9.17) is 0 Å². The van der Waals surface area contributed by atoms with E-state index >= 15 is 0 Å². The van der Waals surface area contributed by atoms with Crippen LogP contribution in [0.3, 0.4) is 0 Å². The summed E-state index contributed by atoms with van der Waals surface area (Å²) >= 11 is 1.95. The van der Waals surface area contributed by atoms with Crippen molar-refractivity contribution in [2.75, 3.05) is 29.9 Å². The summed E-state index contributed by atoms with van der Waals surface area (Å²) in [7, 11) is 0. The van der Waals surface area contributed by atoms with Gasteiger partial charge in [0.25, 0.3) is 5.91 Å². The van der Waals surface area contributed by atoms with Gasteiger partial charge < -0.3 is 10.6 Å². The van der Waals surface area contributed by atoms with Crippen molar-refractivity contribution in [1.29, 1.82) is 0 Å². The lowest BCUT2D eigenvalue weighted by Crippen LogP contribution is -2.30. The zero-order valence-electron chi connectivity index (χ0n) is 10.5. The van der Waals surface area contributed by atoms with Crippen LogP contribution in [0.15, 0.2) is 12.1 Å². The SMILES string of the molecule is CCNc1ccc(C(=O)NCC2CCSC2)nn1. The van der Waals surface area contributed by atoms with Gasteiger partial charge in [-0.05, 0) is 42.9 Å². The lowest BCUT2D eigenvalue weighted by Gasteiger charge is -2.09. The van der Waals surface area contributed by atoms with E-state index in [-0.39, 0.29) is 5.91 Å². The highest BCUT2D eigenvalue weighted by Crippen LogP contribution is 2.22. The first-order valence-electron chi connectivity index (χ1n) is 6.23. The Morgan fingerprint density at radius 1 is 1.50 bits per heavy atom. The largest absolute Gasteiger partial charge is 0.369 e. The predicted octanol–water partition coefficient (Wildman–Crippen LogP) is 1.39. The van der Waals surface area contributed by atoms with Gasteiger partial charge in [-0.15, -0.1) is 10.2 Å². The minimum Gasteiger partial charge on any atom is -0.369 e. The Bertz CT molecular complexity index is 390. The van der Waals surface area contributed by atoms with Crippen LogP contribution in [0.4, 0.5) is 5.82 Å². The van der Waals surface area contributed by atoms with Gasteiger partial charge in [0.15, 0.2) is 5.69 Å². The molecule has 1 atom stereocenters. The number of hydrogen-bond donors (Lipinski definition) is 2. The molecule has 18 heavy (non-hydrogen) atoms. The maximum absolute atomic E-state index is 11.8. The van der Waals surface area contributed by atoms with E-state index in [1.807, 2.05) is 18.7 Å². The van der Waals surface area contributed by atoms with E-state index in [0.29, 0.717) is 17.4 Å². The van der Waals surface area contributed by atoms with Crippen molar-refractivity contribution in [3.8, 4) is 0 Å². The Morgan fingerprint density at radius 2 is 2.39 bits per heavy atom. The molecule has 0 saturated carbocycles. The number of carbonyl (C=O) groups excluding carboxylic acids is 1. The topological polar surface area (TPSA) is 66.9 Å². The number of nitrogens with zero attached hydrogens (tertiary/aromatic N) is 2. The number of rotatable bonds is 5. The first-order chi connectivity index (χ1) is 8.79. The normalized spacial score (nSPS) is 18.6. The number of anilines is 1. The lowest BCUT2D eigenvalue weighted by atomic mass is 10.1. The second-order valence-electron chi connectivity index (χ2n) is 4.27. The summed E-state index contributed by atoms with van der Waals surface area (Å²) in [5.74, 6) is 3.51. The van der Waals surface area contributed by atoms with Crippen LogP contribution >= 0.6 is 11.8 Å². The first-order valence-corrected chi connectivity index (χ1v) is 7.38. The molecule has 1 amide bonds. The maximum Gasteiger partial charge on any atom is 0.271 e. The van der Waals surface area contributed by atoms with Gasteiger partial charge in [-0.1, -0.05) is 0 Å². The molecule has 1 aliphatic heterocycles. The number of amides is 1. The van der Waals surface area contributed by atoms with Crippen molar-refractivity contribution in [3.63, 3.8) is 0 Å². The van der Waals surface area contributed by atoms with Gasteiger partial charge in [0.2, 0.25) is 0 Å². The van der Waals surface area contributed by atoms with Crippen molar-refractivity contribution < 1.29 is 4.79 Å². The van der Waals surface area contributed by atoms with Crippen LogP contribution in [0.2, 0.25) is 0 Å². The fourth-order valence-corrected chi connectivity index (χ4v) is 3.09. The molecule has 1 unspecified atom stereocenters. The van der Waals surface area contributed by atoms with Crippen LogP contribution in [-0.2, 0) is 0 Å². The van der Waals surface area contributed by atoms with Gasteiger partial charge in [-0.25, -0.2) is 0 Å². The maximum atomic E-state index is 11.8. The van der Waals surface area contributed by atoms with Gasteiger partial charge in [0, 0.05) is 13.1 Å². The summed E-state index contributed by atoms with van der Waals surface area (Å²) in [5, 5.41) is 13.8. The zero-order chi connectivity index (χ0) is 12.8. The highest BCUT2D eigenvalue weighted by Gasteiger charge is 2.17. The zero-order valence-corrected chi connectivity index (χ0v) is 11.3. The quantitative estimate of drug-likeness (QED) is 0.843. The summed E-state index contributed by atoms with van der Waals surface area (Å²) in [5.41, 5.74) is 0.377. The number of thioether (sulfide) groups is 1.